The molecule has 0 aliphatic rings. The summed E-state index contributed by atoms with van der Waals surface area (Å²) in [5.41, 5.74) is 0. The molecule has 1 unspecified atom stereocenters. The molecule has 0 aromatic carbocycles. The molecule has 0 aliphatic carbocycles. The number of unbranched alkanes of at least 4 members (excludes halogenated alkanes) is 14. The van der Waals surface area contributed by atoms with Crippen LogP contribution in [0.25, 0.3) is 0 Å². The minimum Gasteiger partial charge on any atom is -0.462 e. The van der Waals surface area contributed by atoms with E-state index in [1.807, 2.05) is 12.2 Å². The van der Waals surface area contributed by atoms with Crippen molar-refractivity contribution in [3.8, 4) is 0 Å². The zero-order chi connectivity index (χ0) is 47.2. The zero-order valence-electron chi connectivity index (χ0n) is 41.7. The predicted molar refractivity (Wildman–Crippen MR) is 279 cm³/mol. The van der Waals surface area contributed by atoms with Crippen molar-refractivity contribution in [3.05, 3.63) is 122 Å². The van der Waals surface area contributed by atoms with Gasteiger partial charge in [-0.1, -0.05) is 206 Å². The van der Waals surface area contributed by atoms with Crippen LogP contribution >= 0.6 is 0 Å². The van der Waals surface area contributed by atoms with Gasteiger partial charge in [0.05, 0.1) is 0 Å². The van der Waals surface area contributed by atoms with Gasteiger partial charge in [0.15, 0.2) is 6.10 Å². The maximum Gasteiger partial charge on any atom is 0.306 e. The summed E-state index contributed by atoms with van der Waals surface area (Å²) in [7, 11) is 0. The van der Waals surface area contributed by atoms with Crippen molar-refractivity contribution in [1.29, 1.82) is 0 Å². The largest absolute Gasteiger partial charge is 0.462 e. The van der Waals surface area contributed by atoms with E-state index in [-0.39, 0.29) is 44.0 Å². The molecular weight excluding hydrogens is 805 g/mol. The summed E-state index contributed by atoms with van der Waals surface area (Å²) in [6.07, 6.45) is 72.0. The molecule has 0 aromatic heterocycles. The smallest absolute Gasteiger partial charge is 0.306 e. The molecule has 1 atom stereocenters. The van der Waals surface area contributed by atoms with Crippen molar-refractivity contribution in [2.24, 2.45) is 0 Å². The molecule has 0 rings (SSSR count). The molecule has 0 N–H and O–H groups in total. The number of hydrogen-bond acceptors (Lipinski definition) is 6. The highest BCUT2D eigenvalue weighted by Crippen LogP contribution is 2.11. The summed E-state index contributed by atoms with van der Waals surface area (Å²) in [6, 6.07) is 0. The van der Waals surface area contributed by atoms with E-state index in [9.17, 15) is 14.4 Å². The first-order valence-corrected chi connectivity index (χ1v) is 26.0. The molecule has 0 heterocycles. The van der Waals surface area contributed by atoms with Crippen molar-refractivity contribution in [1.82, 2.24) is 0 Å². The molecule has 0 aromatic rings. The van der Waals surface area contributed by atoms with Crippen molar-refractivity contribution in [2.75, 3.05) is 13.2 Å². The lowest BCUT2D eigenvalue weighted by molar-refractivity contribution is -0.166. The SMILES string of the molecule is CC/C=C\C/C=C\C/C=C\C/C=C\C/C=C\C/C=C\CCC(=O)OCC(COC(=O)CCCCCCC/C=C\CCCC)OC(=O)CCC/C=C\C/C=C\C/C=C\CCCCCCCC. The van der Waals surface area contributed by atoms with Gasteiger partial charge >= 0.3 is 17.9 Å². The lowest BCUT2D eigenvalue weighted by atomic mass is 10.1. The molecule has 0 bridgehead atoms. The number of rotatable bonds is 45. The van der Waals surface area contributed by atoms with E-state index in [1.165, 1.54) is 70.6 Å². The van der Waals surface area contributed by atoms with Gasteiger partial charge in [0, 0.05) is 19.3 Å². The standard InChI is InChI=1S/C59H94O6/c1-4-7-10-13-16-19-22-24-26-28-29-31-32-34-37-40-43-46-49-52-58(61)64-55-56(54-63-57(60)51-48-45-42-39-36-21-18-15-12-9-6-3)65-59(62)53-50-47-44-41-38-35-33-30-27-25-23-20-17-14-11-8-5-2/h7,10,15-16,18-19,24-27,29,31,33-35,37,41,43-44,46,56H,4-6,8-9,11-14,17,20-23,28,30,32,36,38-40,42,45,47-55H2,1-3H3/b10-7-,18-15-,19-16-,26-24-,27-25-,31-29-,35-33-,37-34-,44-41-,46-43-. The third-order valence-corrected chi connectivity index (χ3v) is 10.4. The second-order valence-electron chi connectivity index (χ2n) is 16.7. The second-order valence-corrected chi connectivity index (χ2v) is 16.7. The Kier molecular flexibility index (Phi) is 49.1. The van der Waals surface area contributed by atoms with Gasteiger partial charge in [0.25, 0.3) is 0 Å². The van der Waals surface area contributed by atoms with E-state index in [0.717, 1.165) is 89.9 Å². The molecule has 0 saturated carbocycles. The van der Waals surface area contributed by atoms with Crippen LogP contribution in [-0.4, -0.2) is 37.2 Å². The van der Waals surface area contributed by atoms with Crippen LogP contribution in [0.1, 0.15) is 213 Å². The number of hydrogen-bond donors (Lipinski definition) is 0. The fourth-order valence-electron chi connectivity index (χ4n) is 6.52. The Morgan fingerprint density at radius 2 is 0.662 bits per heavy atom. The summed E-state index contributed by atoms with van der Waals surface area (Å²) in [4.78, 5) is 37.9. The molecule has 0 saturated heterocycles. The Balaban J connectivity index is 4.59. The topological polar surface area (TPSA) is 78.9 Å². The van der Waals surface area contributed by atoms with E-state index < -0.39 is 6.10 Å². The molecule has 0 spiro atoms. The third kappa shape index (κ3) is 50.7. The van der Waals surface area contributed by atoms with Crippen LogP contribution in [-0.2, 0) is 28.6 Å². The lowest BCUT2D eigenvalue weighted by Gasteiger charge is -2.18. The summed E-state index contributed by atoms with van der Waals surface area (Å²) in [5, 5.41) is 0. The Bertz CT molecular complexity index is 1400. The van der Waals surface area contributed by atoms with Crippen LogP contribution in [0.15, 0.2) is 122 Å². The van der Waals surface area contributed by atoms with Gasteiger partial charge in [-0.2, -0.15) is 0 Å². The summed E-state index contributed by atoms with van der Waals surface area (Å²) in [5.74, 6) is -1.09. The lowest BCUT2D eigenvalue weighted by Crippen LogP contribution is -2.30. The predicted octanol–water partition coefficient (Wildman–Crippen LogP) is 17.3. The summed E-state index contributed by atoms with van der Waals surface area (Å²) < 4.78 is 16.7. The van der Waals surface area contributed by atoms with E-state index >= 15 is 0 Å². The molecule has 65 heavy (non-hydrogen) atoms. The van der Waals surface area contributed by atoms with Gasteiger partial charge in [-0.25, -0.2) is 0 Å². The van der Waals surface area contributed by atoms with Crippen LogP contribution in [0.3, 0.4) is 0 Å². The van der Waals surface area contributed by atoms with Crippen LogP contribution in [0.5, 0.6) is 0 Å². The molecule has 6 heteroatoms. The maximum absolute atomic E-state index is 12.8. The van der Waals surface area contributed by atoms with Gasteiger partial charge in [0.2, 0.25) is 0 Å². The van der Waals surface area contributed by atoms with Gasteiger partial charge in [-0.3, -0.25) is 14.4 Å². The first-order chi connectivity index (χ1) is 32.0. The van der Waals surface area contributed by atoms with Gasteiger partial charge in [0.1, 0.15) is 13.2 Å². The monoisotopic (exact) mass is 899 g/mol. The van der Waals surface area contributed by atoms with Crippen LogP contribution < -0.4 is 0 Å². The summed E-state index contributed by atoms with van der Waals surface area (Å²) >= 11 is 0. The first kappa shape index (κ1) is 60.8. The van der Waals surface area contributed by atoms with Crippen molar-refractivity contribution < 1.29 is 28.6 Å². The van der Waals surface area contributed by atoms with Gasteiger partial charge in [-0.15, -0.1) is 0 Å². The minimum absolute atomic E-state index is 0.129. The normalized spacial score (nSPS) is 13.1. The van der Waals surface area contributed by atoms with Crippen LogP contribution in [0.2, 0.25) is 0 Å². The van der Waals surface area contributed by atoms with E-state index in [1.54, 1.807) is 0 Å². The number of carbonyl (C=O) groups excluding carboxylic acids is 3. The third-order valence-electron chi connectivity index (χ3n) is 10.4. The Morgan fingerprint density at radius 3 is 1.14 bits per heavy atom. The van der Waals surface area contributed by atoms with E-state index in [4.69, 9.17) is 14.2 Å². The molecule has 6 nitrogen and oxygen atoms in total. The number of allylic oxidation sites excluding steroid dienone is 20. The maximum atomic E-state index is 12.8. The molecule has 0 radical (unpaired) electrons. The average Bonchev–Trinajstić information content (AvgIpc) is 3.30. The Labute approximate surface area is 399 Å². The van der Waals surface area contributed by atoms with Crippen LogP contribution in [0.4, 0.5) is 0 Å². The zero-order valence-corrected chi connectivity index (χ0v) is 41.7. The van der Waals surface area contributed by atoms with Crippen LogP contribution in [0, 0.1) is 0 Å². The quantitative estimate of drug-likeness (QED) is 0.0262. The number of carbonyl (C=O) groups is 3. The minimum atomic E-state index is -0.841. The molecular formula is C59H94O6. The Morgan fingerprint density at radius 1 is 0.323 bits per heavy atom. The molecule has 0 fully saturated rings. The first-order valence-electron chi connectivity index (χ1n) is 26.0. The van der Waals surface area contributed by atoms with Gasteiger partial charge < -0.3 is 14.2 Å². The highest BCUT2D eigenvalue weighted by Gasteiger charge is 2.19. The van der Waals surface area contributed by atoms with Crippen molar-refractivity contribution in [2.45, 2.75) is 219 Å². The molecule has 366 valence electrons. The fraction of sp³-hybridized carbons (Fsp3) is 0.610. The highest BCUT2D eigenvalue weighted by atomic mass is 16.6. The van der Waals surface area contributed by atoms with Gasteiger partial charge in [-0.05, 0) is 109 Å². The average molecular weight is 899 g/mol. The number of esters is 3. The van der Waals surface area contributed by atoms with E-state index in [2.05, 4.69) is 130 Å². The Hall–Kier alpha value is -4.19. The second kappa shape index (κ2) is 52.4. The fourth-order valence-corrected chi connectivity index (χ4v) is 6.52. The molecule has 0 aliphatic heterocycles. The summed E-state index contributed by atoms with van der Waals surface area (Å²) in [6.45, 7) is 6.34. The van der Waals surface area contributed by atoms with E-state index in [0.29, 0.717) is 19.3 Å². The van der Waals surface area contributed by atoms with Crippen molar-refractivity contribution in [3.63, 3.8) is 0 Å². The highest BCUT2D eigenvalue weighted by molar-refractivity contribution is 5.71. The van der Waals surface area contributed by atoms with Crippen molar-refractivity contribution >= 4 is 17.9 Å². The molecule has 0 amide bonds. The number of ether oxygens (including phenoxy) is 3.